The van der Waals surface area contributed by atoms with Gasteiger partial charge in [-0.2, -0.15) is 0 Å². The Morgan fingerprint density at radius 1 is 1.34 bits per heavy atom. The van der Waals surface area contributed by atoms with Gasteiger partial charge in [0.15, 0.2) is 0 Å². The van der Waals surface area contributed by atoms with E-state index in [0.717, 1.165) is 35.2 Å². The molecule has 0 spiro atoms. The predicted octanol–water partition coefficient (Wildman–Crippen LogP) is 3.51. The van der Waals surface area contributed by atoms with Gasteiger partial charge in [0.05, 0.1) is 6.04 Å². The van der Waals surface area contributed by atoms with Crippen molar-refractivity contribution in [2.75, 3.05) is 32.8 Å². The Bertz CT molecular complexity index is 950. The van der Waals surface area contributed by atoms with Gasteiger partial charge >= 0.3 is 0 Å². The van der Waals surface area contributed by atoms with Gasteiger partial charge in [-0.05, 0) is 49.4 Å². The van der Waals surface area contributed by atoms with Crippen LogP contribution >= 0.6 is 0 Å². The molecule has 0 aliphatic carbocycles. The van der Waals surface area contributed by atoms with Crippen LogP contribution in [0.3, 0.4) is 0 Å². The molecular formula is C25H34FN5O. The number of fused-ring (bicyclic) bond motifs is 1. The molecule has 6 nitrogen and oxygen atoms in total. The Balaban J connectivity index is 1.99. The fourth-order valence-electron chi connectivity index (χ4n) is 4.11. The highest BCUT2D eigenvalue weighted by atomic mass is 19.1. The highest BCUT2D eigenvalue weighted by Crippen LogP contribution is 2.37. The van der Waals surface area contributed by atoms with E-state index < -0.39 is 5.67 Å². The van der Waals surface area contributed by atoms with Crippen molar-refractivity contribution >= 4 is 11.8 Å². The van der Waals surface area contributed by atoms with E-state index in [4.69, 9.17) is 16.2 Å². The molecule has 0 bridgehead atoms. The van der Waals surface area contributed by atoms with Crippen molar-refractivity contribution in [2.24, 2.45) is 16.5 Å². The first-order chi connectivity index (χ1) is 15.4. The molecule has 1 atom stereocenters. The summed E-state index contributed by atoms with van der Waals surface area (Å²) in [5.41, 5.74) is 15.4. The quantitative estimate of drug-likeness (QED) is 0.584. The molecular weight excluding hydrogens is 405 g/mol. The smallest absolute Gasteiger partial charge is 0.213 e. The van der Waals surface area contributed by atoms with Crippen molar-refractivity contribution in [1.29, 1.82) is 0 Å². The summed E-state index contributed by atoms with van der Waals surface area (Å²) in [5.74, 6) is 0.538. The van der Waals surface area contributed by atoms with E-state index in [-0.39, 0.29) is 6.04 Å². The number of aromatic nitrogens is 1. The maximum Gasteiger partial charge on any atom is 0.213 e. The molecule has 2 heterocycles. The molecule has 2 aromatic rings. The molecule has 0 saturated carbocycles. The van der Waals surface area contributed by atoms with Crippen LogP contribution < -0.4 is 16.2 Å². The Hall–Kier alpha value is -2.77. The summed E-state index contributed by atoms with van der Waals surface area (Å²) >= 11 is 0. The fraction of sp³-hybridized carbons (Fsp3) is 0.440. The lowest BCUT2D eigenvalue weighted by molar-refractivity contribution is 0.0997. The first-order valence-corrected chi connectivity index (χ1v) is 11.1. The number of nitrogens with two attached hydrogens (primary N) is 2. The summed E-state index contributed by atoms with van der Waals surface area (Å²) in [6.07, 6.45) is 6.05. The largest absolute Gasteiger partial charge is 0.476 e. The number of ether oxygens (including phenoxy) is 1. The van der Waals surface area contributed by atoms with Gasteiger partial charge in [-0.15, -0.1) is 0 Å². The fourth-order valence-corrected chi connectivity index (χ4v) is 4.11. The number of hydrogen-bond acceptors (Lipinski definition) is 6. The number of aliphatic imine (C=N–C) groups is 1. The van der Waals surface area contributed by atoms with Gasteiger partial charge in [0, 0.05) is 56.4 Å². The van der Waals surface area contributed by atoms with Crippen molar-refractivity contribution in [3.8, 4) is 5.88 Å². The highest BCUT2D eigenvalue weighted by molar-refractivity contribution is 6.09. The van der Waals surface area contributed by atoms with Crippen LogP contribution in [0.4, 0.5) is 4.39 Å². The van der Waals surface area contributed by atoms with E-state index in [1.165, 1.54) is 5.56 Å². The number of alkyl halides is 1. The molecule has 1 unspecified atom stereocenters. The van der Waals surface area contributed by atoms with Crippen LogP contribution in [-0.2, 0) is 6.42 Å². The maximum absolute atomic E-state index is 14.7. The lowest BCUT2D eigenvalue weighted by Crippen LogP contribution is -2.42. The van der Waals surface area contributed by atoms with Crippen LogP contribution in [0.15, 0.2) is 47.7 Å². The third-order valence-electron chi connectivity index (χ3n) is 5.42. The molecule has 32 heavy (non-hydrogen) atoms. The monoisotopic (exact) mass is 439 g/mol. The summed E-state index contributed by atoms with van der Waals surface area (Å²) in [6.45, 7) is 7.88. The third-order valence-corrected chi connectivity index (χ3v) is 5.42. The minimum absolute atomic E-state index is 0.0894. The van der Waals surface area contributed by atoms with Gasteiger partial charge < -0.3 is 16.2 Å². The van der Waals surface area contributed by atoms with Gasteiger partial charge in [0.1, 0.15) is 12.3 Å². The molecule has 172 valence electrons. The molecule has 1 aromatic carbocycles. The normalized spacial score (nSPS) is 17.5. The molecule has 1 aliphatic heterocycles. The second kappa shape index (κ2) is 10.7. The van der Waals surface area contributed by atoms with Crippen LogP contribution in [-0.4, -0.2) is 54.6 Å². The van der Waals surface area contributed by atoms with Crippen LogP contribution in [0.1, 0.15) is 49.1 Å². The summed E-state index contributed by atoms with van der Waals surface area (Å²) < 4.78 is 20.2. The molecule has 7 heteroatoms. The van der Waals surface area contributed by atoms with E-state index >= 15 is 0 Å². The van der Waals surface area contributed by atoms with Crippen LogP contribution in [0.2, 0.25) is 0 Å². The second-order valence-corrected chi connectivity index (χ2v) is 8.57. The Morgan fingerprint density at radius 2 is 2.16 bits per heavy atom. The molecule has 0 saturated heterocycles. The minimum atomic E-state index is -1.31. The number of nitrogens with zero attached hydrogens (tertiary/aromatic N) is 3. The number of rotatable bonds is 9. The van der Waals surface area contributed by atoms with E-state index in [1.54, 1.807) is 20.0 Å². The van der Waals surface area contributed by atoms with Crippen molar-refractivity contribution in [1.82, 2.24) is 9.88 Å². The Labute approximate surface area is 190 Å². The number of halogens is 1. The molecule has 1 aliphatic rings. The third kappa shape index (κ3) is 5.93. The number of benzene rings is 1. The zero-order valence-electron chi connectivity index (χ0n) is 19.2. The average molecular weight is 440 g/mol. The zero-order chi connectivity index (χ0) is 23.1. The lowest BCUT2D eigenvalue weighted by atomic mass is 9.86. The molecule has 0 fully saturated rings. The SMILES string of the molecule is CCN=CC(=CN)c1ccc2c(c1)CCN(CC(C)(C)F)C2c1ccc(OCCN)nc1. The van der Waals surface area contributed by atoms with Gasteiger partial charge in [0.25, 0.3) is 0 Å². The Kier molecular flexibility index (Phi) is 7.99. The second-order valence-electron chi connectivity index (χ2n) is 8.57. The molecule has 1 aromatic heterocycles. The van der Waals surface area contributed by atoms with Gasteiger partial charge in [0.2, 0.25) is 5.88 Å². The van der Waals surface area contributed by atoms with Gasteiger partial charge in [-0.1, -0.05) is 24.3 Å². The first-order valence-electron chi connectivity index (χ1n) is 11.1. The van der Waals surface area contributed by atoms with Crippen LogP contribution in [0.25, 0.3) is 5.57 Å². The topological polar surface area (TPSA) is 89.8 Å². The van der Waals surface area contributed by atoms with Crippen molar-refractivity contribution in [3.05, 3.63) is 65.0 Å². The standard InChI is InChI=1S/C25H34FN5O/c1-4-29-15-21(14-28)18-5-7-22-19(13-18)9-11-31(17-25(2,3)26)24(22)20-6-8-23(30-16-20)32-12-10-27/h5-8,13-16,24H,4,9-12,17,27-28H2,1-3H3. The summed E-state index contributed by atoms with van der Waals surface area (Å²) in [6, 6.07) is 10.1. The molecule has 3 rings (SSSR count). The van der Waals surface area contributed by atoms with E-state index in [0.29, 0.717) is 32.1 Å². The first kappa shape index (κ1) is 23.9. The summed E-state index contributed by atoms with van der Waals surface area (Å²) in [4.78, 5) is 11.0. The highest BCUT2D eigenvalue weighted by Gasteiger charge is 2.33. The van der Waals surface area contributed by atoms with Gasteiger partial charge in [-0.3, -0.25) is 9.89 Å². The van der Waals surface area contributed by atoms with Crippen molar-refractivity contribution in [2.45, 2.75) is 38.9 Å². The minimum Gasteiger partial charge on any atom is -0.476 e. The van der Waals surface area contributed by atoms with E-state index in [9.17, 15) is 4.39 Å². The summed E-state index contributed by atoms with van der Waals surface area (Å²) in [5, 5.41) is 0. The van der Waals surface area contributed by atoms with E-state index in [1.807, 2.05) is 31.5 Å². The summed E-state index contributed by atoms with van der Waals surface area (Å²) in [7, 11) is 0. The lowest BCUT2D eigenvalue weighted by Gasteiger charge is -2.40. The van der Waals surface area contributed by atoms with E-state index in [2.05, 4.69) is 33.1 Å². The number of pyridine rings is 1. The van der Waals surface area contributed by atoms with Crippen molar-refractivity contribution < 1.29 is 9.13 Å². The molecule has 0 amide bonds. The average Bonchev–Trinajstić information content (AvgIpc) is 2.77. The molecule has 0 radical (unpaired) electrons. The number of allylic oxidation sites excluding steroid dienone is 1. The van der Waals surface area contributed by atoms with Crippen molar-refractivity contribution in [3.63, 3.8) is 0 Å². The van der Waals surface area contributed by atoms with Gasteiger partial charge in [-0.25, -0.2) is 9.37 Å². The van der Waals surface area contributed by atoms with Crippen LogP contribution in [0.5, 0.6) is 5.88 Å². The molecule has 4 N–H and O–H groups in total. The zero-order valence-corrected chi connectivity index (χ0v) is 19.2. The maximum atomic E-state index is 14.7. The predicted molar refractivity (Wildman–Crippen MR) is 129 cm³/mol. The Morgan fingerprint density at radius 3 is 2.78 bits per heavy atom. The van der Waals surface area contributed by atoms with Crippen LogP contribution in [0, 0.1) is 0 Å². The number of hydrogen-bond donors (Lipinski definition) is 2.